The maximum Gasteiger partial charge on any atom is 0.163 e. The number of halogens is 1. The number of hydrogen-bond donors (Lipinski definition) is 3. The van der Waals surface area contributed by atoms with Gasteiger partial charge in [-0.25, -0.2) is 0 Å². The zero-order valence-corrected chi connectivity index (χ0v) is 9.05. The lowest BCUT2D eigenvalue weighted by atomic mass is 9.92. The number of benzene rings is 1. The van der Waals surface area contributed by atoms with Crippen LogP contribution in [0.15, 0.2) is 6.07 Å². The quantitative estimate of drug-likeness (QED) is 0.632. The van der Waals surface area contributed by atoms with Crippen LogP contribution in [-0.2, 0) is 5.60 Å². The maximum absolute atomic E-state index is 9.77. The molecule has 0 spiro atoms. The second-order valence-corrected chi connectivity index (χ2v) is 4.19. The third-order valence-electron chi connectivity index (χ3n) is 2.09. The molecular formula is C10H13ClO3. The van der Waals surface area contributed by atoms with E-state index in [1.807, 2.05) is 0 Å². The molecule has 3 N–H and O–H groups in total. The molecule has 1 rings (SSSR count). The molecule has 0 aliphatic carbocycles. The highest BCUT2D eigenvalue weighted by Gasteiger charge is 2.26. The zero-order valence-electron chi connectivity index (χ0n) is 8.30. The Balaban J connectivity index is 3.56. The second kappa shape index (κ2) is 3.33. The standard InChI is InChI=1S/C10H13ClO3/c1-5-6(11)4-7(12)9(13)8(5)10(2,3)14/h4,12-14H,1-3H3. The van der Waals surface area contributed by atoms with E-state index in [1.165, 1.54) is 19.9 Å². The Morgan fingerprint density at radius 3 is 2.21 bits per heavy atom. The molecule has 0 aromatic heterocycles. The van der Waals surface area contributed by atoms with E-state index in [4.69, 9.17) is 11.6 Å². The van der Waals surface area contributed by atoms with E-state index < -0.39 is 5.60 Å². The van der Waals surface area contributed by atoms with Crippen molar-refractivity contribution in [3.8, 4) is 11.5 Å². The third kappa shape index (κ3) is 1.79. The fourth-order valence-electron chi connectivity index (χ4n) is 1.47. The molecule has 78 valence electrons. The van der Waals surface area contributed by atoms with Crippen LogP contribution in [0, 0.1) is 6.92 Å². The lowest BCUT2D eigenvalue weighted by molar-refractivity contribution is 0.0746. The van der Waals surface area contributed by atoms with Gasteiger partial charge in [0.25, 0.3) is 0 Å². The first-order chi connectivity index (χ1) is 6.25. The number of phenols is 2. The van der Waals surface area contributed by atoms with Gasteiger partial charge in [0.1, 0.15) is 0 Å². The predicted octanol–water partition coefficient (Wildman–Crippen LogP) is 2.29. The first-order valence-electron chi connectivity index (χ1n) is 4.19. The molecule has 0 bridgehead atoms. The van der Waals surface area contributed by atoms with Crippen molar-refractivity contribution in [3.05, 3.63) is 22.2 Å². The number of phenolic OH excluding ortho intramolecular Hbond substituents is 2. The Bertz CT molecular complexity index is 340. The summed E-state index contributed by atoms with van der Waals surface area (Å²) in [4.78, 5) is 0. The molecule has 1 aromatic rings. The van der Waals surface area contributed by atoms with Gasteiger partial charge in [-0.05, 0) is 26.3 Å². The molecule has 0 aliphatic heterocycles. The SMILES string of the molecule is Cc1c(Cl)cc(O)c(O)c1C(C)(C)O. The molecule has 3 nitrogen and oxygen atoms in total. The van der Waals surface area contributed by atoms with Crippen molar-refractivity contribution in [1.82, 2.24) is 0 Å². The van der Waals surface area contributed by atoms with E-state index in [-0.39, 0.29) is 17.1 Å². The van der Waals surface area contributed by atoms with Gasteiger partial charge in [-0.15, -0.1) is 0 Å². The van der Waals surface area contributed by atoms with Gasteiger partial charge in [-0.3, -0.25) is 0 Å². The highest BCUT2D eigenvalue weighted by Crippen LogP contribution is 2.41. The average Bonchev–Trinajstić information content (AvgIpc) is 1.98. The smallest absolute Gasteiger partial charge is 0.163 e. The third-order valence-corrected chi connectivity index (χ3v) is 2.48. The Labute approximate surface area is 87.6 Å². The minimum Gasteiger partial charge on any atom is -0.504 e. The van der Waals surface area contributed by atoms with Crippen LogP contribution in [0.3, 0.4) is 0 Å². The van der Waals surface area contributed by atoms with Gasteiger partial charge in [0.05, 0.1) is 5.60 Å². The van der Waals surface area contributed by atoms with Crippen LogP contribution >= 0.6 is 11.6 Å². The van der Waals surface area contributed by atoms with E-state index in [0.29, 0.717) is 10.6 Å². The van der Waals surface area contributed by atoms with Crippen molar-refractivity contribution in [3.63, 3.8) is 0 Å². The molecule has 0 atom stereocenters. The summed E-state index contributed by atoms with van der Waals surface area (Å²) in [6, 6.07) is 1.25. The number of aromatic hydroxyl groups is 2. The molecule has 1 aromatic carbocycles. The Morgan fingerprint density at radius 1 is 1.29 bits per heavy atom. The van der Waals surface area contributed by atoms with Crippen molar-refractivity contribution < 1.29 is 15.3 Å². The van der Waals surface area contributed by atoms with Crippen molar-refractivity contribution in [2.75, 3.05) is 0 Å². The number of hydrogen-bond acceptors (Lipinski definition) is 3. The van der Waals surface area contributed by atoms with Crippen LogP contribution in [0.1, 0.15) is 25.0 Å². The molecule has 0 amide bonds. The highest BCUT2D eigenvalue weighted by atomic mass is 35.5. The van der Waals surface area contributed by atoms with Crippen molar-refractivity contribution >= 4 is 11.6 Å². The second-order valence-electron chi connectivity index (χ2n) is 3.79. The first kappa shape index (κ1) is 11.1. The van der Waals surface area contributed by atoms with E-state index >= 15 is 0 Å². The predicted molar refractivity (Wildman–Crippen MR) is 54.8 cm³/mol. The Kier molecular flexibility index (Phi) is 2.65. The molecule has 14 heavy (non-hydrogen) atoms. The molecule has 0 aliphatic rings. The maximum atomic E-state index is 9.77. The monoisotopic (exact) mass is 216 g/mol. The summed E-state index contributed by atoms with van der Waals surface area (Å²) in [6.45, 7) is 4.71. The minimum absolute atomic E-state index is 0.252. The van der Waals surface area contributed by atoms with Gasteiger partial charge in [-0.1, -0.05) is 11.6 Å². The van der Waals surface area contributed by atoms with Crippen LogP contribution in [-0.4, -0.2) is 15.3 Å². The van der Waals surface area contributed by atoms with Gasteiger partial charge in [0, 0.05) is 16.7 Å². The van der Waals surface area contributed by atoms with Crippen LogP contribution in [0.25, 0.3) is 0 Å². The lowest BCUT2D eigenvalue weighted by Crippen LogP contribution is -2.17. The normalized spacial score (nSPS) is 11.8. The van der Waals surface area contributed by atoms with E-state index in [1.54, 1.807) is 6.92 Å². The van der Waals surface area contributed by atoms with E-state index in [0.717, 1.165) is 0 Å². The number of aliphatic hydroxyl groups is 1. The van der Waals surface area contributed by atoms with Crippen LogP contribution in [0.5, 0.6) is 11.5 Å². The summed E-state index contributed by atoms with van der Waals surface area (Å²) >= 11 is 5.81. The first-order valence-corrected chi connectivity index (χ1v) is 4.57. The fourth-order valence-corrected chi connectivity index (χ4v) is 1.67. The molecule has 0 saturated carbocycles. The Morgan fingerprint density at radius 2 is 1.79 bits per heavy atom. The summed E-state index contributed by atoms with van der Waals surface area (Å²) in [5.74, 6) is -0.642. The summed E-state index contributed by atoms with van der Waals surface area (Å²) in [5, 5.41) is 29.0. The summed E-state index contributed by atoms with van der Waals surface area (Å²) < 4.78 is 0. The molecular weight excluding hydrogens is 204 g/mol. The molecule has 0 heterocycles. The lowest BCUT2D eigenvalue weighted by Gasteiger charge is -2.22. The Hall–Kier alpha value is -0.930. The van der Waals surface area contributed by atoms with E-state index in [2.05, 4.69) is 0 Å². The van der Waals surface area contributed by atoms with Crippen LogP contribution in [0.2, 0.25) is 5.02 Å². The molecule has 0 unspecified atom stereocenters. The molecule has 4 heteroatoms. The minimum atomic E-state index is -1.24. The molecule has 0 saturated heterocycles. The van der Waals surface area contributed by atoms with Crippen LogP contribution in [0.4, 0.5) is 0 Å². The highest BCUT2D eigenvalue weighted by molar-refractivity contribution is 6.31. The number of rotatable bonds is 1. The summed E-state index contributed by atoms with van der Waals surface area (Å²) in [6.07, 6.45) is 0. The summed E-state index contributed by atoms with van der Waals surface area (Å²) in [7, 11) is 0. The van der Waals surface area contributed by atoms with E-state index in [9.17, 15) is 15.3 Å². The molecule has 0 fully saturated rings. The van der Waals surface area contributed by atoms with Gasteiger partial charge in [-0.2, -0.15) is 0 Å². The van der Waals surface area contributed by atoms with Gasteiger partial charge < -0.3 is 15.3 Å². The zero-order chi connectivity index (χ0) is 11.1. The topological polar surface area (TPSA) is 60.7 Å². The van der Waals surface area contributed by atoms with Crippen LogP contribution < -0.4 is 0 Å². The van der Waals surface area contributed by atoms with Crippen molar-refractivity contribution in [2.24, 2.45) is 0 Å². The van der Waals surface area contributed by atoms with Crippen molar-refractivity contribution in [2.45, 2.75) is 26.4 Å². The van der Waals surface area contributed by atoms with Gasteiger partial charge >= 0.3 is 0 Å². The molecule has 0 radical (unpaired) electrons. The van der Waals surface area contributed by atoms with Gasteiger partial charge in [0.15, 0.2) is 11.5 Å². The van der Waals surface area contributed by atoms with Gasteiger partial charge in [0.2, 0.25) is 0 Å². The average molecular weight is 217 g/mol. The fraction of sp³-hybridized carbons (Fsp3) is 0.400. The largest absolute Gasteiger partial charge is 0.504 e. The van der Waals surface area contributed by atoms with Crippen molar-refractivity contribution in [1.29, 1.82) is 0 Å². The summed E-state index contributed by atoms with van der Waals surface area (Å²) in [5.41, 5.74) is -0.423.